The number of halogens is 1. The van der Waals surface area contributed by atoms with Gasteiger partial charge in [0.25, 0.3) is 5.56 Å². The van der Waals surface area contributed by atoms with Crippen LogP contribution in [0.5, 0.6) is 11.5 Å². The minimum atomic E-state index is -0.268. The maximum Gasteiger partial charge on any atom is 0.282 e. The molecule has 4 aromatic carbocycles. The third kappa shape index (κ3) is 6.24. The molecule has 0 bridgehead atoms. The first-order chi connectivity index (χ1) is 20.2. The SMILES string of the molecule is CCOc1cc(C)c(-c2nc3ccccc3c(=O)n2N=Cc2cc(Cl)ccc2OCc2cccc(C)c2)cc1C(C)C. The summed E-state index contributed by atoms with van der Waals surface area (Å²) in [7, 11) is 0. The second kappa shape index (κ2) is 12.6. The quantitative estimate of drug-likeness (QED) is 0.165. The van der Waals surface area contributed by atoms with E-state index >= 15 is 0 Å². The van der Waals surface area contributed by atoms with Gasteiger partial charge in [-0.1, -0.05) is 67.4 Å². The van der Waals surface area contributed by atoms with Gasteiger partial charge >= 0.3 is 0 Å². The van der Waals surface area contributed by atoms with E-state index in [1.807, 2.05) is 69.3 Å². The van der Waals surface area contributed by atoms with Crippen LogP contribution in [0.2, 0.25) is 5.02 Å². The normalized spacial score (nSPS) is 11.5. The lowest BCUT2D eigenvalue weighted by atomic mass is 9.96. The highest BCUT2D eigenvalue weighted by atomic mass is 35.5. The van der Waals surface area contributed by atoms with Crippen molar-refractivity contribution in [3.05, 3.63) is 122 Å². The second-order valence-electron chi connectivity index (χ2n) is 10.6. The van der Waals surface area contributed by atoms with Crippen molar-refractivity contribution in [1.29, 1.82) is 0 Å². The van der Waals surface area contributed by atoms with Crippen LogP contribution in [-0.2, 0) is 6.61 Å². The first kappa shape index (κ1) is 29.1. The number of ether oxygens (including phenoxy) is 2. The molecule has 1 aromatic heterocycles. The maximum absolute atomic E-state index is 13.9. The number of hydrogen-bond acceptors (Lipinski definition) is 5. The minimum absolute atomic E-state index is 0.203. The summed E-state index contributed by atoms with van der Waals surface area (Å²) in [6.07, 6.45) is 1.60. The molecule has 0 saturated heterocycles. The van der Waals surface area contributed by atoms with Gasteiger partial charge in [0.15, 0.2) is 5.82 Å². The molecule has 214 valence electrons. The summed E-state index contributed by atoms with van der Waals surface area (Å²) in [4.78, 5) is 18.8. The fourth-order valence-corrected chi connectivity index (χ4v) is 5.09. The van der Waals surface area contributed by atoms with Gasteiger partial charge in [0.2, 0.25) is 0 Å². The summed E-state index contributed by atoms with van der Waals surface area (Å²) in [5.41, 5.74) is 5.98. The van der Waals surface area contributed by atoms with E-state index in [1.165, 1.54) is 4.68 Å². The van der Waals surface area contributed by atoms with Crippen LogP contribution in [0.1, 0.15) is 54.5 Å². The molecule has 1 heterocycles. The number of para-hydroxylation sites is 1. The molecule has 7 heteroatoms. The van der Waals surface area contributed by atoms with Crippen molar-refractivity contribution in [2.24, 2.45) is 5.10 Å². The van der Waals surface area contributed by atoms with Gasteiger partial charge in [0.1, 0.15) is 18.1 Å². The number of nitrogens with zero attached hydrogens (tertiary/aromatic N) is 3. The van der Waals surface area contributed by atoms with E-state index in [0.29, 0.717) is 46.3 Å². The predicted molar refractivity (Wildman–Crippen MR) is 171 cm³/mol. The molecule has 5 rings (SSSR count). The molecule has 0 amide bonds. The van der Waals surface area contributed by atoms with Gasteiger partial charge in [-0.2, -0.15) is 9.78 Å². The molecule has 0 fully saturated rings. The predicted octanol–water partition coefficient (Wildman–Crippen LogP) is 8.32. The van der Waals surface area contributed by atoms with Crippen molar-refractivity contribution in [2.45, 2.75) is 47.1 Å². The molecule has 0 radical (unpaired) electrons. The van der Waals surface area contributed by atoms with E-state index in [2.05, 4.69) is 26.0 Å². The number of aryl methyl sites for hydroxylation is 2. The van der Waals surface area contributed by atoms with Gasteiger partial charge in [-0.05, 0) is 85.8 Å². The molecule has 5 aromatic rings. The zero-order valence-corrected chi connectivity index (χ0v) is 25.3. The number of hydrogen-bond donors (Lipinski definition) is 0. The third-order valence-electron chi connectivity index (χ3n) is 7.03. The molecule has 0 unspecified atom stereocenters. The molecule has 0 N–H and O–H groups in total. The molecule has 0 aliphatic rings. The van der Waals surface area contributed by atoms with Crippen LogP contribution < -0.4 is 15.0 Å². The standard InChI is InChI=1S/C35H34ClN3O3/c1-6-41-33-17-24(5)30(19-29(33)22(2)3)34-38-31-13-8-7-12-28(31)35(40)39(34)37-20-26-18-27(36)14-15-32(26)42-21-25-11-9-10-23(4)16-25/h7-20,22H,6,21H2,1-5H3. The van der Waals surface area contributed by atoms with E-state index in [4.69, 9.17) is 31.2 Å². The van der Waals surface area contributed by atoms with Crippen LogP contribution in [0, 0.1) is 13.8 Å². The van der Waals surface area contributed by atoms with Gasteiger partial charge < -0.3 is 9.47 Å². The molecule has 0 aliphatic carbocycles. The Kier molecular flexibility index (Phi) is 8.74. The van der Waals surface area contributed by atoms with Crippen molar-refractivity contribution >= 4 is 28.7 Å². The Morgan fingerprint density at radius 2 is 1.76 bits per heavy atom. The lowest BCUT2D eigenvalue weighted by molar-refractivity contribution is 0.305. The van der Waals surface area contributed by atoms with Crippen LogP contribution in [-0.4, -0.2) is 22.5 Å². The summed E-state index contributed by atoms with van der Waals surface area (Å²) in [5.74, 6) is 2.09. The van der Waals surface area contributed by atoms with E-state index in [1.54, 1.807) is 24.4 Å². The fourth-order valence-electron chi connectivity index (χ4n) is 4.91. The molecule has 0 spiro atoms. The zero-order valence-electron chi connectivity index (χ0n) is 24.5. The highest BCUT2D eigenvalue weighted by Gasteiger charge is 2.19. The zero-order chi connectivity index (χ0) is 29.8. The average molecular weight is 580 g/mol. The molecular weight excluding hydrogens is 546 g/mol. The number of fused-ring (bicyclic) bond motifs is 1. The van der Waals surface area contributed by atoms with Crippen molar-refractivity contribution in [2.75, 3.05) is 6.61 Å². The number of rotatable bonds is 9. The van der Waals surface area contributed by atoms with Crippen LogP contribution in [0.3, 0.4) is 0 Å². The number of benzene rings is 4. The molecule has 0 saturated carbocycles. The van der Waals surface area contributed by atoms with Crippen molar-refractivity contribution in [3.8, 4) is 22.9 Å². The lowest BCUT2D eigenvalue weighted by Crippen LogP contribution is -2.21. The Labute approximate surface area is 251 Å². The fraction of sp³-hybridized carbons (Fsp3) is 0.229. The van der Waals surface area contributed by atoms with Gasteiger partial charge in [-0.3, -0.25) is 4.79 Å². The smallest absolute Gasteiger partial charge is 0.282 e. The summed E-state index contributed by atoms with van der Waals surface area (Å²) in [6, 6.07) is 24.9. The first-order valence-corrected chi connectivity index (χ1v) is 14.4. The molecule has 6 nitrogen and oxygen atoms in total. The Balaban J connectivity index is 1.63. The largest absolute Gasteiger partial charge is 0.494 e. The summed E-state index contributed by atoms with van der Waals surface area (Å²) < 4.78 is 13.5. The Morgan fingerprint density at radius 3 is 2.52 bits per heavy atom. The highest BCUT2D eigenvalue weighted by Crippen LogP contribution is 2.34. The molecule has 0 aliphatic heterocycles. The minimum Gasteiger partial charge on any atom is -0.494 e. The Morgan fingerprint density at radius 1 is 0.952 bits per heavy atom. The summed E-state index contributed by atoms with van der Waals surface area (Å²) in [5, 5.41) is 5.71. The summed E-state index contributed by atoms with van der Waals surface area (Å²) in [6.45, 7) is 11.2. The van der Waals surface area contributed by atoms with E-state index in [9.17, 15) is 4.79 Å². The van der Waals surface area contributed by atoms with E-state index in [0.717, 1.165) is 33.6 Å². The Hall–Kier alpha value is -4.42. The van der Waals surface area contributed by atoms with Crippen molar-refractivity contribution in [1.82, 2.24) is 9.66 Å². The van der Waals surface area contributed by atoms with Crippen LogP contribution >= 0.6 is 11.6 Å². The topological polar surface area (TPSA) is 65.7 Å². The van der Waals surface area contributed by atoms with E-state index < -0.39 is 0 Å². The van der Waals surface area contributed by atoms with Crippen LogP contribution in [0.25, 0.3) is 22.3 Å². The Bertz CT molecular complexity index is 1840. The van der Waals surface area contributed by atoms with E-state index in [-0.39, 0.29) is 11.5 Å². The van der Waals surface area contributed by atoms with Gasteiger partial charge in [0, 0.05) is 16.1 Å². The third-order valence-corrected chi connectivity index (χ3v) is 7.27. The molecular formula is C35H34ClN3O3. The average Bonchev–Trinajstić information content (AvgIpc) is 2.96. The van der Waals surface area contributed by atoms with Crippen molar-refractivity contribution in [3.63, 3.8) is 0 Å². The highest BCUT2D eigenvalue weighted by molar-refractivity contribution is 6.30. The lowest BCUT2D eigenvalue weighted by Gasteiger charge is -2.18. The van der Waals surface area contributed by atoms with Crippen LogP contribution in [0.15, 0.2) is 88.8 Å². The molecule has 42 heavy (non-hydrogen) atoms. The summed E-state index contributed by atoms with van der Waals surface area (Å²) >= 11 is 6.37. The maximum atomic E-state index is 13.9. The first-order valence-electron chi connectivity index (χ1n) is 14.1. The van der Waals surface area contributed by atoms with Gasteiger partial charge in [-0.25, -0.2) is 4.98 Å². The monoisotopic (exact) mass is 579 g/mol. The molecule has 0 atom stereocenters. The second-order valence-corrected chi connectivity index (χ2v) is 11.0. The number of aromatic nitrogens is 2. The van der Waals surface area contributed by atoms with Gasteiger partial charge in [-0.15, -0.1) is 0 Å². The van der Waals surface area contributed by atoms with Gasteiger partial charge in [0.05, 0.1) is 23.7 Å². The van der Waals surface area contributed by atoms with Crippen LogP contribution in [0.4, 0.5) is 0 Å². The van der Waals surface area contributed by atoms with Crippen molar-refractivity contribution < 1.29 is 9.47 Å².